The van der Waals surface area contributed by atoms with Gasteiger partial charge in [-0.15, -0.1) is 10.2 Å². The lowest BCUT2D eigenvalue weighted by molar-refractivity contribution is -0.132. The fourth-order valence-corrected chi connectivity index (χ4v) is 6.90. The van der Waals surface area contributed by atoms with Gasteiger partial charge in [0.2, 0.25) is 5.13 Å². The molecule has 3 heterocycles. The number of ether oxygens (including phenoxy) is 3. The number of aromatic nitrogens is 2. The summed E-state index contributed by atoms with van der Waals surface area (Å²) in [6, 6.07) is 18.5. The molecule has 2 aliphatic rings. The van der Waals surface area contributed by atoms with Crippen LogP contribution >= 0.6 is 34.7 Å². The standard InChI is InChI=1S/C30H24ClN3O6S2/c1-2-38-20-8-5-7-17(14-20)25-24(26(35)18-10-11-22-23(15-18)40-13-12-39-22)27(36)28(37)34(25)29-32-33-30(42-29)41-16-19-6-3-4-9-21(19)31/h3-11,14-15,25,35H,2,12-13,16H2,1H3/t25-/m0/s1. The second-order valence-electron chi connectivity index (χ2n) is 9.26. The van der Waals surface area contributed by atoms with Crippen LogP contribution < -0.4 is 19.1 Å². The monoisotopic (exact) mass is 621 g/mol. The molecule has 2 aliphatic heterocycles. The maximum absolute atomic E-state index is 13.6. The number of ketones is 1. The van der Waals surface area contributed by atoms with Crippen molar-refractivity contribution in [1.29, 1.82) is 0 Å². The summed E-state index contributed by atoms with van der Waals surface area (Å²) in [6.07, 6.45) is 0. The van der Waals surface area contributed by atoms with Crippen LogP contribution in [0, 0.1) is 0 Å². The van der Waals surface area contributed by atoms with Gasteiger partial charge in [-0.05, 0) is 54.4 Å². The number of amides is 1. The second-order valence-corrected chi connectivity index (χ2v) is 11.8. The van der Waals surface area contributed by atoms with Crippen LogP contribution in [0.15, 0.2) is 76.6 Å². The molecule has 12 heteroatoms. The van der Waals surface area contributed by atoms with E-state index in [1.807, 2.05) is 31.2 Å². The van der Waals surface area contributed by atoms with Crippen molar-refractivity contribution in [2.75, 3.05) is 24.7 Å². The normalized spacial score (nSPS) is 17.5. The SMILES string of the molecule is CCOc1cccc([C@H]2C(=C(O)c3ccc4c(c3)OCCO4)C(=O)C(=O)N2c2nnc(SCc3ccccc3Cl)s2)c1. The molecule has 1 aromatic heterocycles. The summed E-state index contributed by atoms with van der Waals surface area (Å²) in [5.41, 5.74) is 1.75. The highest BCUT2D eigenvalue weighted by molar-refractivity contribution is 8.00. The van der Waals surface area contributed by atoms with Crippen LogP contribution in [0.5, 0.6) is 17.2 Å². The van der Waals surface area contributed by atoms with E-state index in [1.165, 1.54) is 28.0 Å². The third kappa shape index (κ3) is 5.42. The minimum absolute atomic E-state index is 0.0780. The van der Waals surface area contributed by atoms with Crippen molar-refractivity contribution in [2.45, 2.75) is 23.1 Å². The summed E-state index contributed by atoms with van der Waals surface area (Å²) in [7, 11) is 0. The number of Topliss-reactive ketones (excluding diaryl/α,β-unsaturated/α-hetero) is 1. The number of carbonyl (C=O) groups is 2. The molecule has 0 aliphatic carbocycles. The van der Waals surface area contributed by atoms with E-state index in [2.05, 4.69) is 10.2 Å². The van der Waals surface area contributed by atoms with Gasteiger partial charge in [0.25, 0.3) is 5.78 Å². The third-order valence-electron chi connectivity index (χ3n) is 6.66. The predicted molar refractivity (Wildman–Crippen MR) is 161 cm³/mol. The number of aliphatic hydroxyl groups excluding tert-OH is 1. The third-order valence-corrected chi connectivity index (χ3v) is 9.13. The highest BCUT2D eigenvalue weighted by Crippen LogP contribution is 2.45. The molecule has 6 rings (SSSR count). The van der Waals surface area contributed by atoms with Crippen molar-refractivity contribution in [3.8, 4) is 17.2 Å². The molecule has 0 spiro atoms. The quantitative estimate of drug-likeness (QED) is 0.0799. The summed E-state index contributed by atoms with van der Waals surface area (Å²) in [4.78, 5) is 28.5. The van der Waals surface area contributed by atoms with Crippen molar-refractivity contribution in [3.63, 3.8) is 0 Å². The molecule has 1 N–H and O–H groups in total. The Hall–Kier alpha value is -4.06. The lowest BCUT2D eigenvalue weighted by atomic mass is 9.95. The van der Waals surface area contributed by atoms with E-state index in [9.17, 15) is 14.7 Å². The maximum atomic E-state index is 13.6. The van der Waals surface area contributed by atoms with Crippen LogP contribution in [0.3, 0.4) is 0 Å². The number of rotatable bonds is 8. The van der Waals surface area contributed by atoms with Gasteiger partial charge in [-0.3, -0.25) is 14.5 Å². The number of aliphatic hydroxyl groups is 1. The molecule has 0 radical (unpaired) electrons. The number of fused-ring (bicyclic) bond motifs is 1. The Labute approximate surface area is 254 Å². The largest absolute Gasteiger partial charge is 0.507 e. The van der Waals surface area contributed by atoms with Gasteiger partial charge in [0.05, 0.1) is 18.2 Å². The van der Waals surface area contributed by atoms with Crippen LogP contribution in [-0.2, 0) is 15.3 Å². The van der Waals surface area contributed by atoms with Crippen LogP contribution in [-0.4, -0.2) is 46.8 Å². The van der Waals surface area contributed by atoms with Crippen LogP contribution in [0.25, 0.3) is 5.76 Å². The molecule has 1 amide bonds. The fourth-order valence-electron chi connectivity index (χ4n) is 4.75. The summed E-state index contributed by atoms with van der Waals surface area (Å²) in [5.74, 6) is 0.102. The average Bonchev–Trinajstić information content (AvgIpc) is 3.58. The summed E-state index contributed by atoms with van der Waals surface area (Å²) >= 11 is 8.91. The first-order chi connectivity index (χ1) is 20.4. The van der Waals surface area contributed by atoms with Gasteiger partial charge in [0.15, 0.2) is 15.8 Å². The number of halogens is 1. The number of nitrogens with zero attached hydrogens (tertiary/aromatic N) is 3. The molecule has 214 valence electrons. The smallest absolute Gasteiger partial charge is 0.301 e. The minimum atomic E-state index is -0.979. The van der Waals surface area contributed by atoms with Crippen molar-refractivity contribution >= 4 is 57.3 Å². The van der Waals surface area contributed by atoms with Gasteiger partial charge in [-0.2, -0.15) is 0 Å². The number of hydrogen-bond acceptors (Lipinski definition) is 10. The zero-order chi connectivity index (χ0) is 29.2. The van der Waals surface area contributed by atoms with Crippen LogP contribution in [0.1, 0.15) is 29.7 Å². The molecule has 1 fully saturated rings. The predicted octanol–water partition coefficient (Wildman–Crippen LogP) is 6.28. The summed E-state index contributed by atoms with van der Waals surface area (Å²) in [6.45, 7) is 3.08. The Morgan fingerprint density at radius 3 is 2.69 bits per heavy atom. The molecule has 0 saturated carbocycles. The summed E-state index contributed by atoms with van der Waals surface area (Å²) < 4.78 is 17.6. The number of benzene rings is 3. The highest BCUT2D eigenvalue weighted by Gasteiger charge is 2.48. The number of hydrogen-bond donors (Lipinski definition) is 1. The van der Waals surface area contributed by atoms with Crippen molar-refractivity contribution in [3.05, 3.63) is 94.0 Å². The van der Waals surface area contributed by atoms with Crippen molar-refractivity contribution in [2.24, 2.45) is 0 Å². The Morgan fingerprint density at radius 2 is 1.88 bits per heavy atom. The Balaban J connectivity index is 1.41. The molecular weight excluding hydrogens is 598 g/mol. The lowest BCUT2D eigenvalue weighted by Gasteiger charge is -2.23. The van der Waals surface area contributed by atoms with E-state index < -0.39 is 17.7 Å². The molecule has 0 bridgehead atoms. The molecule has 1 atom stereocenters. The van der Waals surface area contributed by atoms with Crippen molar-refractivity contribution in [1.82, 2.24) is 10.2 Å². The Morgan fingerprint density at radius 1 is 1.07 bits per heavy atom. The van der Waals surface area contributed by atoms with Crippen LogP contribution in [0.4, 0.5) is 5.13 Å². The second kappa shape index (κ2) is 12.0. The Bertz CT molecular complexity index is 1710. The van der Waals surface area contributed by atoms with Crippen molar-refractivity contribution < 1.29 is 28.9 Å². The van der Waals surface area contributed by atoms with Gasteiger partial charge in [-0.25, -0.2) is 0 Å². The lowest BCUT2D eigenvalue weighted by Crippen LogP contribution is -2.29. The minimum Gasteiger partial charge on any atom is -0.507 e. The first-order valence-electron chi connectivity index (χ1n) is 13.1. The molecule has 0 unspecified atom stereocenters. The molecule has 3 aromatic carbocycles. The molecule has 42 heavy (non-hydrogen) atoms. The highest BCUT2D eigenvalue weighted by atomic mass is 35.5. The van der Waals surface area contributed by atoms with E-state index >= 15 is 0 Å². The van der Waals surface area contributed by atoms with E-state index in [4.69, 9.17) is 25.8 Å². The van der Waals surface area contributed by atoms with Gasteiger partial charge >= 0.3 is 5.91 Å². The maximum Gasteiger partial charge on any atom is 0.301 e. The first kappa shape index (κ1) is 28.1. The van der Waals surface area contributed by atoms with E-state index in [0.717, 1.165) is 5.56 Å². The van der Waals surface area contributed by atoms with E-state index in [1.54, 1.807) is 42.5 Å². The first-order valence-corrected chi connectivity index (χ1v) is 15.3. The van der Waals surface area contributed by atoms with Gasteiger partial charge in [0, 0.05) is 16.3 Å². The molecule has 1 saturated heterocycles. The fraction of sp³-hybridized carbons (Fsp3) is 0.200. The topological polar surface area (TPSA) is 111 Å². The average molecular weight is 622 g/mol. The number of anilines is 1. The van der Waals surface area contributed by atoms with Crippen LogP contribution in [0.2, 0.25) is 5.02 Å². The number of thioether (sulfide) groups is 1. The Kier molecular flexibility index (Phi) is 8.05. The van der Waals surface area contributed by atoms with E-state index in [0.29, 0.717) is 63.3 Å². The summed E-state index contributed by atoms with van der Waals surface area (Å²) in [5, 5.41) is 20.9. The molecule has 4 aromatic rings. The number of carbonyl (C=O) groups excluding carboxylic acids is 2. The van der Waals surface area contributed by atoms with Gasteiger partial charge in [0.1, 0.15) is 24.7 Å². The zero-order valence-corrected chi connectivity index (χ0v) is 24.7. The van der Waals surface area contributed by atoms with Gasteiger partial charge in [-0.1, -0.05) is 65.0 Å². The van der Waals surface area contributed by atoms with E-state index in [-0.39, 0.29) is 16.5 Å². The molecule has 9 nitrogen and oxygen atoms in total. The molecular formula is C30H24ClN3O6S2. The van der Waals surface area contributed by atoms with Gasteiger partial charge < -0.3 is 19.3 Å². The zero-order valence-electron chi connectivity index (χ0n) is 22.3.